The van der Waals surface area contributed by atoms with E-state index in [4.69, 9.17) is 5.73 Å². The van der Waals surface area contributed by atoms with E-state index in [9.17, 15) is 4.79 Å². The van der Waals surface area contributed by atoms with Gasteiger partial charge in [0.1, 0.15) is 5.52 Å². The summed E-state index contributed by atoms with van der Waals surface area (Å²) in [6, 6.07) is 11.5. The molecule has 6 nitrogen and oxygen atoms in total. The lowest BCUT2D eigenvalue weighted by Gasteiger charge is -2.28. The van der Waals surface area contributed by atoms with Gasteiger partial charge >= 0.3 is 0 Å². The Morgan fingerprint density at radius 1 is 1.33 bits per heavy atom. The van der Waals surface area contributed by atoms with Crippen molar-refractivity contribution in [3.63, 3.8) is 0 Å². The van der Waals surface area contributed by atoms with Crippen molar-refractivity contribution in [1.82, 2.24) is 19.7 Å². The SMILES string of the molecule is Cc1nc2cnn(C)c2cc1C(=O)N(C)C(CN)c1ccccc1. The standard InChI is InChI=1S/C18H21N5O/c1-12-14(9-16-15(21-12)11-20-23(16)3)18(24)22(2)17(10-19)13-7-5-4-6-8-13/h4-9,11,17H,10,19H2,1-3H3. The van der Waals surface area contributed by atoms with Crippen LogP contribution in [0.1, 0.15) is 27.7 Å². The quantitative estimate of drug-likeness (QED) is 0.797. The first kappa shape index (κ1) is 16.1. The normalized spacial score (nSPS) is 12.3. The monoisotopic (exact) mass is 323 g/mol. The number of amides is 1. The van der Waals surface area contributed by atoms with Crippen molar-refractivity contribution in [3.8, 4) is 0 Å². The maximum absolute atomic E-state index is 13.0. The summed E-state index contributed by atoms with van der Waals surface area (Å²) >= 11 is 0. The number of benzene rings is 1. The highest BCUT2D eigenvalue weighted by molar-refractivity contribution is 5.98. The average Bonchev–Trinajstić information content (AvgIpc) is 2.95. The minimum atomic E-state index is -0.180. The minimum absolute atomic E-state index is 0.0950. The van der Waals surface area contributed by atoms with Gasteiger partial charge in [0, 0.05) is 20.6 Å². The van der Waals surface area contributed by atoms with Crippen LogP contribution in [-0.2, 0) is 7.05 Å². The Balaban J connectivity index is 1.98. The number of hydrogen-bond donors (Lipinski definition) is 1. The van der Waals surface area contributed by atoms with Gasteiger partial charge in [0.25, 0.3) is 5.91 Å². The van der Waals surface area contributed by atoms with E-state index in [2.05, 4.69) is 10.1 Å². The van der Waals surface area contributed by atoms with Gasteiger partial charge in [-0.3, -0.25) is 9.48 Å². The Bertz CT molecular complexity index is 872. The smallest absolute Gasteiger partial charge is 0.256 e. The molecule has 1 aromatic carbocycles. The third kappa shape index (κ3) is 2.76. The fraction of sp³-hybridized carbons (Fsp3) is 0.278. The van der Waals surface area contributed by atoms with Crippen LogP contribution in [0.25, 0.3) is 11.0 Å². The second kappa shape index (κ2) is 6.41. The molecule has 0 radical (unpaired) electrons. The zero-order valence-corrected chi connectivity index (χ0v) is 14.1. The van der Waals surface area contributed by atoms with E-state index < -0.39 is 0 Å². The number of aromatic nitrogens is 3. The summed E-state index contributed by atoms with van der Waals surface area (Å²) in [5, 5.41) is 4.19. The largest absolute Gasteiger partial charge is 0.333 e. The molecule has 0 aliphatic carbocycles. The number of nitrogens with zero attached hydrogens (tertiary/aromatic N) is 4. The highest BCUT2D eigenvalue weighted by Crippen LogP contribution is 2.23. The number of aryl methyl sites for hydroxylation is 2. The lowest BCUT2D eigenvalue weighted by atomic mass is 10.0. The summed E-state index contributed by atoms with van der Waals surface area (Å²) in [4.78, 5) is 19.2. The zero-order chi connectivity index (χ0) is 17.3. The highest BCUT2D eigenvalue weighted by atomic mass is 16.2. The van der Waals surface area contributed by atoms with E-state index in [0.717, 1.165) is 16.6 Å². The summed E-state index contributed by atoms with van der Waals surface area (Å²) in [5.74, 6) is -0.0950. The minimum Gasteiger partial charge on any atom is -0.333 e. The van der Waals surface area contributed by atoms with Crippen LogP contribution in [0.3, 0.4) is 0 Å². The van der Waals surface area contributed by atoms with E-state index in [-0.39, 0.29) is 11.9 Å². The maximum atomic E-state index is 13.0. The summed E-state index contributed by atoms with van der Waals surface area (Å²) in [6.45, 7) is 2.19. The van der Waals surface area contributed by atoms with Crippen LogP contribution in [0.4, 0.5) is 0 Å². The number of hydrogen-bond acceptors (Lipinski definition) is 4. The van der Waals surface area contributed by atoms with Gasteiger partial charge in [-0.2, -0.15) is 5.10 Å². The lowest BCUT2D eigenvalue weighted by Crippen LogP contribution is -2.36. The molecular formula is C18H21N5O. The molecule has 1 atom stereocenters. The fourth-order valence-electron chi connectivity index (χ4n) is 2.91. The van der Waals surface area contributed by atoms with Crippen LogP contribution in [0.2, 0.25) is 0 Å². The van der Waals surface area contributed by atoms with E-state index in [1.807, 2.05) is 50.4 Å². The molecule has 6 heteroatoms. The lowest BCUT2D eigenvalue weighted by molar-refractivity contribution is 0.0734. The maximum Gasteiger partial charge on any atom is 0.256 e. The van der Waals surface area contributed by atoms with Gasteiger partial charge in [-0.15, -0.1) is 0 Å². The molecule has 3 aromatic rings. The Morgan fingerprint density at radius 2 is 2.04 bits per heavy atom. The summed E-state index contributed by atoms with van der Waals surface area (Å²) in [6.07, 6.45) is 1.70. The first-order chi connectivity index (χ1) is 11.5. The number of nitrogens with two attached hydrogens (primary N) is 1. The molecule has 1 amide bonds. The molecule has 24 heavy (non-hydrogen) atoms. The number of carbonyl (C=O) groups is 1. The van der Waals surface area contributed by atoms with Crippen molar-refractivity contribution < 1.29 is 4.79 Å². The Hall–Kier alpha value is -2.73. The van der Waals surface area contributed by atoms with Crippen LogP contribution >= 0.6 is 0 Å². The fourth-order valence-corrected chi connectivity index (χ4v) is 2.91. The van der Waals surface area contributed by atoms with Crippen molar-refractivity contribution in [3.05, 3.63) is 59.4 Å². The summed E-state index contributed by atoms with van der Waals surface area (Å²) < 4.78 is 1.72. The molecular weight excluding hydrogens is 302 g/mol. The van der Waals surface area contributed by atoms with Crippen LogP contribution in [0, 0.1) is 6.92 Å². The molecule has 0 fully saturated rings. The van der Waals surface area contributed by atoms with Crippen molar-refractivity contribution in [2.75, 3.05) is 13.6 Å². The van der Waals surface area contributed by atoms with Crippen molar-refractivity contribution >= 4 is 16.9 Å². The first-order valence-electron chi connectivity index (χ1n) is 7.84. The third-order valence-electron chi connectivity index (χ3n) is 4.35. The van der Waals surface area contributed by atoms with Gasteiger partial charge in [0.15, 0.2) is 0 Å². The number of carbonyl (C=O) groups excluding carboxylic acids is 1. The average molecular weight is 323 g/mol. The molecule has 0 aliphatic rings. The van der Waals surface area contributed by atoms with Crippen molar-refractivity contribution in [1.29, 1.82) is 0 Å². The van der Waals surface area contributed by atoms with Crippen molar-refractivity contribution in [2.24, 2.45) is 12.8 Å². The molecule has 0 bridgehead atoms. The van der Waals surface area contributed by atoms with E-state index in [1.165, 1.54) is 0 Å². The van der Waals surface area contributed by atoms with Crippen molar-refractivity contribution in [2.45, 2.75) is 13.0 Å². The second-order valence-corrected chi connectivity index (χ2v) is 5.87. The van der Waals surface area contributed by atoms with E-state index >= 15 is 0 Å². The third-order valence-corrected chi connectivity index (χ3v) is 4.35. The Kier molecular flexibility index (Phi) is 4.31. The molecule has 124 valence electrons. The molecule has 0 spiro atoms. The van der Waals surface area contributed by atoms with Crippen LogP contribution < -0.4 is 5.73 Å². The zero-order valence-electron chi connectivity index (χ0n) is 14.1. The van der Waals surface area contributed by atoms with Gasteiger partial charge in [0.05, 0.1) is 29.0 Å². The molecule has 2 heterocycles. The van der Waals surface area contributed by atoms with Gasteiger partial charge in [0.2, 0.25) is 0 Å². The molecule has 0 aliphatic heterocycles. The van der Waals surface area contributed by atoms with Gasteiger partial charge in [-0.25, -0.2) is 4.98 Å². The van der Waals surface area contributed by atoms with Crippen LogP contribution in [0.15, 0.2) is 42.6 Å². The number of fused-ring (bicyclic) bond motifs is 1. The first-order valence-corrected chi connectivity index (χ1v) is 7.84. The predicted molar refractivity (Wildman–Crippen MR) is 93.6 cm³/mol. The van der Waals surface area contributed by atoms with Gasteiger partial charge in [-0.1, -0.05) is 30.3 Å². The predicted octanol–water partition coefficient (Wildman–Crippen LogP) is 2.05. The molecule has 2 N–H and O–H groups in total. The molecule has 3 rings (SSSR count). The van der Waals surface area contributed by atoms with Gasteiger partial charge < -0.3 is 10.6 Å². The molecule has 0 saturated carbocycles. The van der Waals surface area contributed by atoms with Crippen LogP contribution in [0.5, 0.6) is 0 Å². The number of rotatable bonds is 4. The van der Waals surface area contributed by atoms with Crippen LogP contribution in [-0.4, -0.2) is 39.2 Å². The molecule has 2 aromatic heterocycles. The highest BCUT2D eigenvalue weighted by Gasteiger charge is 2.24. The van der Waals surface area contributed by atoms with E-state index in [0.29, 0.717) is 17.8 Å². The topological polar surface area (TPSA) is 77.0 Å². The van der Waals surface area contributed by atoms with Gasteiger partial charge in [-0.05, 0) is 18.6 Å². The Labute approximate surface area is 140 Å². The molecule has 0 saturated heterocycles. The summed E-state index contributed by atoms with van der Waals surface area (Å²) in [7, 11) is 3.61. The molecule has 1 unspecified atom stereocenters. The second-order valence-electron chi connectivity index (χ2n) is 5.87. The number of likely N-dealkylation sites (N-methyl/N-ethyl adjacent to an activating group) is 1. The Morgan fingerprint density at radius 3 is 2.71 bits per heavy atom. The summed E-state index contributed by atoms with van der Waals surface area (Å²) in [5.41, 5.74) is 9.83. The number of pyridine rings is 1. The van der Waals surface area contributed by atoms with E-state index in [1.54, 1.807) is 22.8 Å².